The molecule has 0 saturated heterocycles. The average molecular weight is 282 g/mol. The molecule has 2 rings (SSSR count). The molecule has 0 unspecified atom stereocenters. The van der Waals surface area contributed by atoms with Crippen LogP contribution in [-0.4, -0.2) is 18.6 Å². The molecule has 102 valence electrons. The maximum atomic E-state index is 12.2. The van der Waals surface area contributed by atoms with Crippen LogP contribution in [0.4, 0.5) is 11.7 Å². The summed E-state index contributed by atoms with van der Waals surface area (Å²) in [5.41, 5.74) is 7.48. The van der Waals surface area contributed by atoms with E-state index >= 15 is 0 Å². The van der Waals surface area contributed by atoms with Crippen LogP contribution in [0.5, 0.6) is 0 Å². The van der Waals surface area contributed by atoms with Crippen LogP contribution in [-0.2, 0) is 10.0 Å². The Morgan fingerprint density at radius 2 is 1.89 bits per heavy atom. The lowest BCUT2D eigenvalue weighted by molar-refractivity contribution is 0.534. The first-order chi connectivity index (χ1) is 8.79. The monoisotopic (exact) mass is 282 g/mol. The van der Waals surface area contributed by atoms with E-state index < -0.39 is 10.0 Å². The molecular formula is C11H14N4O3S. The third-order valence-electron chi connectivity index (χ3n) is 2.68. The van der Waals surface area contributed by atoms with E-state index in [1.165, 1.54) is 6.07 Å². The Morgan fingerprint density at radius 3 is 2.47 bits per heavy atom. The Morgan fingerprint density at radius 1 is 1.21 bits per heavy atom. The summed E-state index contributed by atoms with van der Waals surface area (Å²) < 4.78 is 31.7. The summed E-state index contributed by atoms with van der Waals surface area (Å²) in [6.07, 6.45) is 0. The van der Waals surface area contributed by atoms with Crippen LogP contribution >= 0.6 is 0 Å². The number of aromatic nitrogens is 2. The summed E-state index contributed by atoms with van der Waals surface area (Å²) in [6.45, 7) is 5.07. The van der Waals surface area contributed by atoms with E-state index in [0.717, 1.165) is 5.56 Å². The number of nitrogens with zero attached hydrogens (tertiary/aromatic N) is 2. The fourth-order valence-electron chi connectivity index (χ4n) is 1.64. The van der Waals surface area contributed by atoms with Crippen LogP contribution in [0.25, 0.3) is 0 Å². The number of hydrogen-bond donors (Lipinski definition) is 2. The van der Waals surface area contributed by atoms with E-state index in [2.05, 4.69) is 14.9 Å². The van der Waals surface area contributed by atoms with E-state index in [1.54, 1.807) is 26.8 Å². The summed E-state index contributed by atoms with van der Waals surface area (Å²) in [5.74, 6) is 0.276. The van der Waals surface area contributed by atoms with Gasteiger partial charge < -0.3 is 10.2 Å². The van der Waals surface area contributed by atoms with Gasteiger partial charge in [-0.25, -0.2) is 13.1 Å². The van der Waals surface area contributed by atoms with Gasteiger partial charge >= 0.3 is 6.01 Å². The second-order valence-electron chi connectivity index (χ2n) is 4.19. The van der Waals surface area contributed by atoms with E-state index in [9.17, 15) is 8.42 Å². The highest BCUT2D eigenvalue weighted by Crippen LogP contribution is 2.24. The standard InChI is InChI=1S/C11H14N4O3S/c1-6-4-9(12)5-10(7(6)2)19(16,17)15-11-14-13-8(3)18-11/h4-5H,12H2,1-3H3,(H,14,15). The molecule has 8 heteroatoms. The number of sulfonamides is 1. The molecule has 0 aliphatic heterocycles. The van der Waals surface area contributed by atoms with Crippen molar-refractivity contribution in [2.45, 2.75) is 25.7 Å². The van der Waals surface area contributed by atoms with Crippen molar-refractivity contribution < 1.29 is 12.8 Å². The van der Waals surface area contributed by atoms with Crippen LogP contribution in [0.15, 0.2) is 21.4 Å². The third kappa shape index (κ3) is 2.68. The molecule has 0 saturated carbocycles. The van der Waals surface area contributed by atoms with Gasteiger partial charge in [0.05, 0.1) is 4.90 Å². The molecule has 0 radical (unpaired) electrons. The van der Waals surface area contributed by atoms with Crippen molar-refractivity contribution in [1.29, 1.82) is 0 Å². The van der Waals surface area contributed by atoms with Crippen molar-refractivity contribution in [3.05, 3.63) is 29.2 Å². The number of nitrogens with one attached hydrogen (secondary N) is 1. The molecule has 0 fully saturated rings. The number of hydrogen-bond acceptors (Lipinski definition) is 6. The van der Waals surface area contributed by atoms with E-state index in [1.807, 2.05) is 0 Å². The number of nitrogen functional groups attached to an aromatic ring is 1. The molecular weight excluding hydrogens is 268 g/mol. The predicted molar refractivity (Wildman–Crippen MR) is 70.2 cm³/mol. The molecule has 1 aromatic carbocycles. The minimum atomic E-state index is -3.80. The van der Waals surface area contributed by atoms with Gasteiger partial charge in [-0.2, -0.15) is 0 Å². The van der Waals surface area contributed by atoms with Crippen LogP contribution in [0.2, 0.25) is 0 Å². The zero-order valence-electron chi connectivity index (χ0n) is 10.8. The lowest BCUT2D eigenvalue weighted by Crippen LogP contribution is -2.15. The Kier molecular flexibility index (Phi) is 3.19. The summed E-state index contributed by atoms with van der Waals surface area (Å²) in [5, 5.41) is 7.15. The summed E-state index contributed by atoms with van der Waals surface area (Å²) in [7, 11) is -3.80. The first kappa shape index (κ1) is 13.3. The fourth-order valence-corrected chi connectivity index (χ4v) is 2.92. The van der Waals surface area contributed by atoms with Crippen molar-refractivity contribution >= 4 is 21.7 Å². The second-order valence-corrected chi connectivity index (χ2v) is 5.84. The van der Waals surface area contributed by atoms with E-state index in [0.29, 0.717) is 11.3 Å². The van der Waals surface area contributed by atoms with Gasteiger partial charge in [0.25, 0.3) is 10.0 Å². The lowest BCUT2D eigenvalue weighted by Gasteiger charge is -2.10. The van der Waals surface area contributed by atoms with Crippen molar-refractivity contribution in [1.82, 2.24) is 10.2 Å². The Balaban J connectivity index is 2.45. The highest BCUT2D eigenvalue weighted by atomic mass is 32.2. The average Bonchev–Trinajstić information content (AvgIpc) is 2.68. The van der Waals surface area contributed by atoms with Gasteiger partial charge in [0.1, 0.15) is 0 Å². The SMILES string of the molecule is Cc1nnc(NS(=O)(=O)c2cc(N)cc(C)c2C)o1. The van der Waals surface area contributed by atoms with Gasteiger partial charge in [-0.3, -0.25) is 0 Å². The Bertz CT molecular complexity index is 722. The van der Waals surface area contributed by atoms with Gasteiger partial charge in [0.15, 0.2) is 0 Å². The quantitative estimate of drug-likeness (QED) is 0.823. The molecule has 19 heavy (non-hydrogen) atoms. The van der Waals surface area contributed by atoms with Gasteiger partial charge in [0.2, 0.25) is 5.89 Å². The van der Waals surface area contributed by atoms with Crippen molar-refractivity contribution in [2.75, 3.05) is 10.5 Å². The van der Waals surface area contributed by atoms with Crippen LogP contribution in [0, 0.1) is 20.8 Å². The van der Waals surface area contributed by atoms with E-state index in [4.69, 9.17) is 10.2 Å². The smallest absolute Gasteiger partial charge is 0.329 e. The number of rotatable bonds is 3. The zero-order valence-corrected chi connectivity index (χ0v) is 11.6. The van der Waals surface area contributed by atoms with Crippen molar-refractivity contribution in [2.24, 2.45) is 0 Å². The topological polar surface area (TPSA) is 111 Å². The number of anilines is 2. The van der Waals surface area contributed by atoms with Crippen LogP contribution < -0.4 is 10.5 Å². The van der Waals surface area contributed by atoms with Crippen molar-refractivity contribution in [3.63, 3.8) is 0 Å². The fraction of sp³-hybridized carbons (Fsp3) is 0.273. The maximum absolute atomic E-state index is 12.2. The largest absolute Gasteiger partial charge is 0.408 e. The third-order valence-corrected chi connectivity index (χ3v) is 4.13. The van der Waals surface area contributed by atoms with E-state index in [-0.39, 0.29) is 16.8 Å². The second kappa shape index (κ2) is 4.54. The zero-order chi connectivity index (χ0) is 14.2. The molecule has 0 aliphatic carbocycles. The summed E-state index contributed by atoms with van der Waals surface area (Å²) in [6, 6.07) is 2.94. The van der Waals surface area contributed by atoms with Gasteiger partial charge in [-0.15, -0.1) is 5.10 Å². The molecule has 0 bridgehead atoms. The molecule has 0 atom stereocenters. The minimum Gasteiger partial charge on any atom is -0.408 e. The van der Waals surface area contributed by atoms with Gasteiger partial charge in [-0.05, 0) is 37.1 Å². The van der Waals surface area contributed by atoms with Crippen molar-refractivity contribution in [3.8, 4) is 0 Å². The molecule has 0 aliphatic rings. The summed E-state index contributed by atoms with van der Waals surface area (Å²) >= 11 is 0. The maximum Gasteiger partial charge on any atom is 0.329 e. The highest BCUT2D eigenvalue weighted by molar-refractivity contribution is 7.92. The highest BCUT2D eigenvalue weighted by Gasteiger charge is 2.21. The molecule has 1 aromatic heterocycles. The molecule has 3 N–H and O–H groups in total. The van der Waals surface area contributed by atoms with Gasteiger partial charge in [0, 0.05) is 12.6 Å². The van der Waals surface area contributed by atoms with Gasteiger partial charge in [-0.1, -0.05) is 5.10 Å². The van der Waals surface area contributed by atoms with Crippen LogP contribution in [0.3, 0.4) is 0 Å². The first-order valence-electron chi connectivity index (χ1n) is 5.49. The van der Waals surface area contributed by atoms with Crippen LogP contribution in [0.1, 0.15) is 17.0 Å². The molecule has 0 amide bonds. The molecule has 1 heterocycles. The number of aryl methyl sites for hydroxylation is 2. The molecule has 2 aromatic rings. The normalized spacial score (nSPS) is 11.5. The Labute approximate surface area is 110 Å². The summed E-state index contributed by atoms with van der Waals surface area (Å²) in [4.78, 5) is 0.0980. The first-order valence-corrected chi connectivity index (χ1v) is 6.97. The number of benzene rings is 1. The Hall–Kier alpha value is -2.09. The predicted octanol–water partition coefficient (Wildman–Crippen LogP) is 1.38. The molecule has 0 spiro atoms. The minimum absolute atomic E-state index is 0.0980. The molecule has 7 nitrogen and oxygen atoms in total. The lowest BCUT2D eigenvalue weighted by atomic mass is 10.1. The number of nitrogens with two attached hydrogens (primary N) is 1.